The molecule has 3 nitrogen and oxygen atoms in total. The molecule has 16 heavy (non-hydrogen) atoms. The van der Waals surface area contributed by atoms with Crippen molar-refractivity contribution in [2.75, 3.05) is 6.61 Å². The number of cyclic esters (lactones) is 1. The minimum absolute atomic E-state index is 0.103. The molecule has 0 bridgehead atoms. The van der Waals surface area contributed by atoms with Gasteiger partial charge in [0.1, 0.15) is 6.61 Å². The van der Waals surface area contributed by atoms with E-state index in [0.29, 0.717) is 6.61 Å². The Labute approximate surface area is 94.9 Å². The predicted octanol–water partition coefficient (Wildman–Crippen LogP) is 1.81. The zero-order chi connectivity index (χ0) is 11.5. The van der Waals surface area contributed by atoms with E-state index >= 15 is 0 Å². The molecule has 1 aromatic rings. The van der Waals surface area contributed by atoms with Gasteiger partial charge in [-0.05, 0) is 23.3 Å². The van der Waals surface area contributed by atoms with Gasteiger partial charge in [0.2, 0.25) is 0 Å². The Balaban J connectivity index is 2.27. The summed E-state index contributed by atoms with van der Waals surface area (Å²) in [5, 5.41) is 0. The first-order valence-corrected chi connectivity index (χ1v) is 5.36. The molecule has 1 fully saturated rings. The fourth-order valence-electron chi connectivity index (χ4n) is 2.11. The molecule has 0 radical (unpaired) electrons. The number of nitrogens with two attached hydrogens (primary N) is 1. The second kappa shape index (κ2) is 4.39. The van der Waals surface area contributed by atoms with Crippen molar-refractivity contribution in [3.05, 3.63) is 47.7 Å². The number of ether oxygens (including phenoxy) is 1. The van der Waals surface area contributed by atoms with Gasteiger partial charge >= 0.3 is 5.97 Å². The average molecular weight is 217 g/mol. The minimum Gasteiger partial charge on any atom is -0.461 e. The van der Waals surface area contributed by atoms with Gasteiger partial charge in [0, 0.05) is 0 Å². The average Bonchev–Trinajstić information content (AvgIpc) is 2.70. The molecule has 0 amide bonds. The van der Waals surface area contributed by atoms with Crippen LogP contribution in [0.25, 0.3) is 0 Å². The summed E-state index contributed by atoms with van der Waals surface area (Å²) in [4.78, 5) is 11.6. The van der Waals surface area contributed by atoms with Crippen LogP contribution in [-0.2, 0) is 9.53 Å². The number of rotatable bonds is 2. The summed E-state index contributed by atoms with van der Waals surface area (Å²) >= 11 is 0. The number of esters is 1. The van der Waals surface area contributed by atoms with E-state index in [0.717, 1.165) is 11.1 Å². The summed E-state index contributed by atoms with van der Waals surface area (Å²) in [7, 11) is 0. The third kappa shape index (κ3) is 1.81. The molecule has 1 heterocycles. The van der Waals surface area contributed by atoms with Crippen LogP contribution in [0.1, 0.15) is 18.4 Å². The predicted molar refractivity (Wildman–Crippen MR) is 61.6 cm³/mol. The first-order chi connectivity index (χ1) is 7.74. The molecular formula is C13H15NO2. The largest absolute Gasteiger partial charge is 0.461 e. The molecule has 3 heteroatoms. The van der Waals surface area contributed by atoms with Crippen LogP contribution in [0.5, 0.6) is 0 Å². The maximum Gasteiger partial charge on any atom is 0.314 e. The van der Waals surface area contributed by atoms with E-state index in [1.54, 1.807) is 0 Å². The van der Waals surface area contributed by atoms with Gasteiger partial charge in [-0.25, -0.2) is 0 Å². The Hall–Kier alpha value is -1.77. The minimum atomic E-state index is -0.229. The standard InChI is InChI=1S/C13H15NO2/c1-9(10-5-3-2-4-6-10)12-11(7-14)8-16-13(12)15/h2-7,9,12H,8,14H2,1H3. The fraction of sp³-hybridized carbons (Fsp3) is 0.308. The Morgan fingerprint density at radius 2 is 2.12 bits per heavy atom. The van der Waals surface area contributed by atoms with Gasteiger partial charge in [0.05, 0.1) is 5.92 Å². The third-order valence-electron chi connectivity index (χ3n) is 3.07. The summed E-state index contributed by atoms with van der Waals surface area (Å²) < 4.78 is 5.02. The SMILES string of the molecule is CC(c1ccccc1)C1C(=O)OCC1=CN. The van der Waals surface area contributed by atoms with Crippen molar-refractivity contribution in [1.29, 1.82) is 0 Å². The van der Waals surface area contributed by atoms with Crippen LogP contribution >= 0.6 is 0 Å². The molecular weight excluding hydrogens is 202 g/mol. The Morgan fingerprint density at radius 3 is 2.75 bits per heavy atom. The quantitative estimate of drug-likeness (QED) is 0.768. The van der Waals surface area contributed by atoms with E-state index in [9.17, 15) is 4.79 Å². The van der Waals surface area contributed by atoms with E-state index in [4.69, 9.17) is 10.5 Å². The van der Waals surface area contributed by atoms with Crippen LogP contribution in [-0.4, -0.2) is 12.6 Å². The van der Waals surface area contributed by atoms with Crippen LogP contribution < -0.4 is 5.73 Å². The van der Waals surface area contributed by atoms with Crippen molar-refractivity contribution >= 4 is 5.97 Å². The van der Waals surface area contributed by atoms with Gasteiger partial charge in [0.15, 0.2) is 0 Å². The smallest absolute Gasteiger partial charge is 0.314 e. The molecule has 0 aromatic heterocycles. The molecule has 2 atom stereocenters. The number of hydrogen-bond donors (Lipinski definition) is 1. The number of hydrogen-bond acceptors (Lipinski definition) is 3. The zero-order valence-electron chi connectivity index (χ0n) is 9.22. The summed E-state index contributed by atoms with van der Waals surface area (Å²) in [6, 6.07) is 9.94. The van der Waals surface area contributed by atoms with Crippen molar-refractivity contribution < 1.29 is 9.53 Å². The normalized spacial score (nSPS) is 24.4. The number of carbonyl (C=O) groups is 1. The molecule has 1 aromatic carbocycles. The van der Waals surface area contributed by atoms with E-state index in [2.05, 4.69) is 0 Å². The lowest BCUT2D eigenvalue weighted by molar-refractivity contribution is -0.141. The van der Waals surface area contributed by atoms with Crippen molar-refractivity contribution in [3.8, 4) is 0 Å². The first-order valence-electron chi connectivity index (χ1n) is 5.36. The van der Waals surface area contributed by atoms with Crippen molar-refractivity contribution in [2.45, 2.75) is 12.8 Å². The number of carbonyl (C=O) groups excluding carboxylic acids is 1. The summed E-state index contributed by atoms with van der Waals surface area (Å²) in [5.74, 6) is -0.300. The van der Waals surface area contributed by atoms with Crippen LogP contribution in [0, 0.1) is 5.92 Å². The highest BCUT2D eigenvalue weighted by Gasteiger charge is 2.36. The topological polar surface area (TPSA) is 52.3 Å². The molecule has 1 aliphatic rings. The summed E-state index contributed by atoms with van der Waals surface area (Å²) in [6.07, 6.45) is 1.50. The number of benzene rings is 1. The Kier molecular flexibility index (Phi) is 2.95. The zero-order valence-corrected chi connectivity index (χ0v) is 9.22. The Morgan fingerprint density at radius 1 is 1.44 bits per heavy atom. The summed E-state index contributed by atoms with van der Waals surface area (Å²) in [6.45, 7) is 2.35. The molecule has 1 aliphatic heterocycles. The van der Waals surface area contributed by atoms with E-state index < -0.39 is 0 Å². The van der Waals surface area contributed by atoms with E-state index in [1.165, 1.54) is 6.20 Å². The second-order valence-electron chi connectivity index (χ2n) is 4.03. The van der Waals surface area contributed by atoms with E-state index in [1.807, 2.05) is 37.3 Å². The third-order valence-corrected chi connectivity index (χ3v) is 3.07. The fourth-order valence-corrected chi connectivity index (χ4v) is 2.11. The monoisotopic (exact) mass is 217 g/mol. The van der Waals surface area contributed by atoms with Crippen LogP contribution in [0.15, 0.2) is 42.1 Å². The van der Waals surface area contributed by atoms with Gasteiger partial charge < -0.3 is 10.5 Å². The molecule has 2 rings (SSSR count). The maximum absolute atomic E-state index is 11.6. The molecule has 1 saturated heterocycles. The van der Waals surface area contributed by atoms with Gasteiger partial charge in [0.25, 0.3) is 0 Å². The highest BCUT2D eigenvalue weighted by Crippen LogP contribution is 2.34. The van der Waals surface area contributed by atoms with Crippen LogP contribution in [0.3, 0.4) is 0 Å². The van der Waals surface area contributed by atoms with Crippen molar-refractivity contribution in [1.82, 2.24) is 0 Å². The molecule has 2 unspecified atom stereocenters. The van der Waals surface area contributed by atoms with Gasteiger partial charge in [-0.1, -0.05) is 37.3 Å². The molecule has 0 saturated carbocycles. The van der Waals surface area contributed by atoms with Gasteiger partial charge in [-0.3, -0.25) is 4.79 Å². The highest BCUT2D eigenvalue weighted by molar-refractivity contribution is 5.80. The lowest BCUT2D eigenvalue weighted by atomic mass is 9.84. The molecule has 2 N–H and O–H groups in total. The molecule has 0 aliphatic carbocycles. The highest BCUT2D eigenvalue weighted by atomic mass is 16.5. The van der Waals surface area contributed by atoms with Crippen LogP contribution in [0.2, 0.25) is 0 Å². The molecule has 84 valence electrons. The second-order valence-corrected chi connectivity index (χ2v) is 4.03. The summed E-state index contributed by atoms with van der Waals surface area (Å²) in [5.41, 5.74) is 7.51. The lowest BCUT2D eigenvalue weighted by Crippen LogP contribution is -2.17. The van der Waals surface area contributed by atoms with Crippen molar-refractivity contribution in [3.63, 3.8) is 0 Å². The lowest BCUT2D eigenvalue weighted by Gasteiger charge is -2.17. The van der Waals surface area contributed by atoms with E-state index in [-0.39, 0.29) is 17.8 Å². The molecule has 0 spiro atoms. The first kappa shape index (κ1) is 10.7. The van der Waals surface area contributed by atoms with Crippen LogP contribution in [0.4, 0.5) is 0 Å². The Bertz CT molecular complexity index is 411. The van der Waals surface area contributed by atoms with Crippen molar-refractivity contribution in [2.24, 2.45) is 11.7 Å². The van der Waals surface area contributed by atoms with Gasteiger partial charge in [-0.2, -0.15) is 0 Å². The van der Waals surface area contributed by atoms with Gasteiger partial charge in [-0.15, -0.1) is 0 Å². The maximum atomic E-state index is 11.6.